The summed E-state index contributed by atoms with van der Waals surface area (Å²) >= 11 is 5.72. The van der Waals surface area contributed by atoms with Crippen LogP contribution in [0.15, 0.2) is 64.4 Å². The molecule has 1 amide bonds. The van der Waals surface area contributed by atoms with Crippen molar-refractivity contribution >= 4 is 55.2 Å². The number of methoxy groups -OCH3 is 2. The molecule has 2 aliphatic rings. The fourth-order valence-corrected chi connectivity index (χ4v) is 8.16. The van der Waals surface area contributed by atoms with E-state index in [0.29, 0.717) is 24.3 Å². The van der Waals surface area contributed by atoms with Gasteiger partial charge in [0.25, 0.3) is 0 Å². The van der Waals surface area contributed by atoms with E-state index in [2.05, 4.69) is 15.4 Å². The molecule has 6 N–H and O–H groups in total. The van der Waals surface area contributed by atoms with E-state index in [1.54, 1.807) is 26.0 Å². The maximum Gasteiger partial charge on any atom is 0.326 e. The van der Waals surface area contributed by atoms with Gasteiger partial charge >= 0.3 is 11.9 Å². The number of fused-ring (bicyclic) bond motifs is 2. The summed E-state index contributed by atoms with van der Waals surface area (Å²) in [4.78, 5) is 38.9. The van der Waals surface area contributed by atoms with Crippen LogP contribution in [-0.2, 0) is 58.6 Å². The number of nitrogens with two attached hydrogens (primary N) is 1. The lowest BCUT2D eigenvalue weighted by molar-refractivity contribution is -0.153. The third kappa shape index (κ3) is 10.2. The van der Waals surface area contributed by atoms with Crippen molar-refractivity contribution in [3.8, 4) is 11.5 Å². The normalized spacial score (nSPS) is 17.0. The highest BCUT2D eigenvalue weighted by Gasteiger charge is 2.38. The molecule has 5 rings (SSSR count). The second kappa shape index (κ2) is 17.6. The van der Waals surface area contributed by atoms with E-state index in [1.807, 2.05) is 30.3 Å². The fraction of sp³-hybridized carbons (Fsp3) is 0.382. The average Bonchev–Trinajstić information content (AvgIpc) is 3.11. The summed E-state index contributed by atoms with van der Waals surface area (Å²) in [6, 6.07) is 12.8. The van der Waals surface area contributed by atoms with Crippen molar-refractivity contribution in [3.05, 3.63) is 76.3 Å². The van der Waals surface area contributed by atoms with Gasteiger partial charge in [-0.15, -0.1) is 0 Å². The lowest BCUT2D eigenvalue weighted by Crippen LogP contribution is -2.56. The molecule has 3 aromatic rings. The number of anilines is 1. The van der Waals surface area contributed by atoms with Crippen LogP contribution < -0.4 is 30.0 Å². The van der Waals surface area contributed by atoms with Crippen LogP contribution in [0.2, 0.25) is 5.02 Å². The molecular formula is C34H42ClN5O11S2. The Kier molecular flexibility index (Phi) is 13.7. The van der Waals surface area contributed by atoms with Crippen LogP contribution in [0.5, 0.6) is 11.5 Å². The van der Waals surface area contributed by atoms with Crippen molar-refractivity contribution in [1.82, 2.24) is 14.9 Å². The third-order valence-electron chi connectivity index (χ3n) is 8.53. The van der Waals surface area contributed by atoms with Crippen molar-refractivity contribution in [2.24, 2.45) is 5.14 Å². The molecule has 0 aromatic heterocycles. The Morgan fingerprint density at radius 3 is 2.30 bits per heavy atom. The SMILES string of the molecule is CCOC(=O)[C@H](CCc1ccccc1)N[C@@H](C)C(=O)N1Cc2cc(OC)c(OC)cc2C[C@H]1C(=O)O.NS(=O)(=O)c1cc2c(cc1Cl)NCNS2(=O)=O. The summed E-state index contributed by atoms with van der Waals surface area (Å²) in [5.41, 5.74) is 2.88. The standard InChI is InChI=1S/C27H34N2O7.C7H8ClN3O4S2/c1-5-36-27(33)21(12-11-18-9-7-6-8-10-18)28-17(2)25(30)29-16-20-15-24(35-4)23(34-3)14-19(20)13-22(29)26(31)32;8-4-1-5-7(2-6(4)16(9,12)13)17(14,15)11-3-10-5/h6-10,14-15,17,21-22,28H,5,11-13,16H2,1-4H3,(H,31,32);1-2,10-11H,3H2,(H2,9,12,13)/t17-,21-,22-;/m0./s1. The van der Waals surface area contributed by atoms with Crippen LogP contribution in [0, 0.1) is 0 Å². The number of halogens is 1. The fourth-order valence-electron chi connectivity index (χ4n) is 5.87. The third-order valence-corrected chi connectivity index (χ3v) is 11.3. The van der Waals surface area contributed by atoms with Crippen LogP contribution in [-0.4, -0.2) is 90.3 Å². The van der Waals surface area contributed by atoms with Crippen molar-refractivity contribution in [3.63, 3.8) is 0 Å². The minimum atomic E-state index is -4.07. The van der Waals surface area contributed by atoms with Crippen molar-refractivity contribution in [1.29, 1.82) is 0 Å². The van der Waals surface area contributed by atoms with E-state index >= 15 is 0 Å². The monoisotopic (exact) mass is 795 g/mol. The second-order valence-corrected chi connectivity index (χ2v) is 15.7. The minimum Gasteiger partial charge on any atom is -0.493 e. The van der Waals surface area contributed by atoms with Crippen LogP contribution in [0.25, 0.3) is 0 Å². The molecule has 288 valence electrons. The van der Waals surface area contributed by atoms with E-state index in [0.717, 1.165) is 22.8 Å². The quantitative estimate of drug-likeness (QED) is 0.166. The lowest BCUT2D eigenvalue weighted by atomic mass is 9.92. The Hall–Kier alpha value is -4.46. The smallest absolute Gasteiger partial charge is 0.326 e. The van der Waals surface area contributed by atoms with Gasteiger partial charge in [0, 0.05) is 13.0 Å². The summed E-state index contributed by atoms with van der Waals surface area (Å²) in [6.07, 6.45) is 1.19. The molecule has 3 atom stereocenters. The molecule has 19 heteroatoms. The number of nitrogens with zero attached hydrogens (tertiary/aromatic N) is 1. The number of hydrogen-bond acceptors (Lipinski definition) is 12. The number of rotatable bonds is 12. The van der Waals surface area contributed by atoms with Crippen LogP contribution in [0.1, 0.15) is 37.0 Å². The van der Waals surface area contributed by atoms with Gasteiger partial charge in [-0.25, -0.2) is 26.8 Å². The zero-order valence-corrected chi connectivity index (χ0v) is 31.8. The number of amides is 1. The maximum atomic E-state index is 13.5. The molecule has 0 saturated carbocycles. The number of ether oxygens (including phenoxy) is 3. The van der Waals surface area contributed by atoms with E-state index in [-0.39, 0.29) is 41.8 Å². The molecule has 0 radical (unpaired) electrons. The zero-order valence-electron chi connectivity index (χ0n) is 29.4. The summed E-state index contributed by atoms with van der Waals surface area (Å²) in [6.45, 7) is 3.71. The van der Waals surface area contributed by atoms with Gasteiger partial charge in [-0.05, 0) is 67.6 Å². The number of hydrogen-bond donors (Lipinski definition) is 5. The molecule has 0 saturated heterocycles. The Morgan fingerprint density at radius 2 is 1.72 bits per heavy atom. The van der Waals surface area contributed by atoms with Crippen LogP contribution in [0.3, 0.4) is 0 Å². The first-order chi connectivity index (χ1) is 25.0. The molecular weight excluding hydrogens is 754 g/mol. The minimum absolute atomic E-state index is 0.0143. The zero-order chi connectivity index (χ0) is 39.1. The van der Waals surface area contributed by atoms with Gasteiger partial charge in [0.05, 0.1) is 44.2 Å². The van der Waals surface area contributed by atoms with Crippen molar-refractivity contribution < 1.29 is 50.5 Å². The Bertz CT molecular complexity index is 2050. The van der Waals surface area contributed by atoms with E-state index in [4.69, 9.17) is 31.0 Å². The highest BCUT2D eigenvalue weighted by molar-refractivity contribution is 7.90. The second-order valence-electron chi connectivity index (χ2n) is 12.0. The molecule has 53 heavy (non-hydrogen) atoms. The van der Waals surface area contributed by atoms with Gasteiger partial charge in [-0.2, -0.15) is 4.72 Å². The number of aliphatic carboxylic acids is 1. The van der Waals surface area contributed by atoms with Gasteiger partial charge in [-0.1, -0.05) is 41.9 Å². The summed E-state index contributed by atoms with van der Waals surface area (Å²) in [5, 5.41) is 20.5. The number of carbonyl (C=O) groups is 3. The molecule has 3 aromatic carbocycles. The lowest BCUT2D eigenvalue weighted by Gasteiger charge is -2.37. The summed E-state index contributed by atoms with van der Waals surface area (Å²) in [7, 11) is -4.76. The molecule has 16 nitrogen and oxygen atoms in total. The molecule has 2 aliphatic heterocycles. The van der Waals surface area contributed by atoms with Crippen LogP contribution in [0.4, 0.5) is 5.69 Å². The number of sulfonamides is 2. The predicted molar refractivity (Wildman–Crippen MR) is 195 cm³/mol. The van der Waals surface area contributed by atoms with E-state index < -0.39 is 60.9 Å². The Labute approximate surface area is 313 Å². The van der Waals surface area contributed by atoms with E-state index in [1.165, 1.54) is 25.2 Å². The summed E-state index contributed by atoms with van der Waals surface area (Å²) in [5.74, 6) is -0.930. The Morgan fingerprint density at radius 1 is 1.08 bits per heavy atom. The topological polar surface area (TPSA) is 233 Å². The number of benzene rings is 3. The highest BCUT2D eigenvalue weighted by Crippen LogP contribution is 2.35. The number of nitrogens with one attached hydrogen (secondary N) is 3. The first-order valence-corrected chi connectivity index (χ1v) is 19.7. The number of carboxylic acid groups (broad SMARTS) is 1. The van der Waals surface area contributed by atoms with Crippen molar-refractivity contribution in [2.45, 2.75) is 67.6 Å². The van der Waals surface area contributed by atoms with Gasteiger partial charge in [0.1, 0.15) is 21.9 Å². The number of carboxylic acids is 1. The number of esters is 1. The van der Waals surface area contributed by atoms with Crippen molar-refractivity contribution in [2.75, 3.05) is 32.8 Å². The average molecular weight is 796 g/mol. The van der Waals surface area contributed by atoms with Gasteiger partial charge < -0.3 is 29.5 Å². The predicted octanol–water partition coefficient (Wildman–Crippen LogP) is 2.23. The van der Waals surface area contributed by atoms with Gasteiger partial charge in [0.15, 0.2) is 11.5 Å². The van der Waals surface area contributed by atoms with Gasteiger partial charge in [-0.3, -0.25) is 14.9 Å². The molecule has 0 fully saturated rings. The summed E-state index contributed by atoms with van der Waals surface area (Å²) < 4.78 is 63.8. The number of carbonyl (C=O) groups excluding carboxylic acids is 2. The molecule has 0 aliphatic carbocycles. The maximum absolute atomic E-state index is 13.5. The molecule has 0 spiro atoms. The molecule has 0 unspecified atom stereocenters. The highest BCUT2D eigenvalue weighted by atomic mass is 35.5. The number of primary sulfonamides is 1. The van der Waals surface area contributed by atoms with Crippen LogP contribution >= 0.6 is 11.6 Å². The first kappa shape index (κ1) is 41.3. The number of aryl methyl sites for hydroxylation is 1. The first-order valence-electron chi connectivity index (χ1n) is 16.3. The molecule has 0 bridgehead atoms. The molecule has 2 heterocycles. The largest absolute Gasteiger partial charge is 0.493 e. The Balaban J connectivity index is 0.000000306. The van der Waals surface area contributed by atoms with E-state index in [9.17, 15) is 36.3 Å². The van der Waals surface area contributed by atoms with Gasteiger partial charge in [0.2, 0.25) is 26.0 Å².